The molecule has 0 aliphatic rings. The van der Waals surface area contributed by atoms with Gasteiger partial charge in [0, 0.05) is 5.39 Å². The fourth-order valence-electron chi connectivity index (χ4n) is 2.71. The highest BCUT2D eigenvalue weighted by Gasteiger charge is 2.10. The van der Waals surface area contributed by atoms with Gasteiger partial charge in [-0.1, -0.05) is 72.8 Å². The topological polar surface area (TPSA) is 54.6 Å². The van der Waals surface area contributed by atoms with Crippen LogP contribution in [-0.4, -0.2) is 12.1 Å². The van der Waals surface area contributed by atoms with Crippen molar-refractivity contribution in [2.75, 3.05) is 0 Å². The van der Waals surface area contributed by atoms with Gasteiger partial charge in [0.15, 0.2) is 5.76 Å². The molecule has 0 aliphatic carbocycles. The van der Waals surface area contributed by atoms with Crippen molar-refractivity contribution in [1.29, 1.82) is 0 Å². The monoisotopic (exact) mass is 340 g/mol. The molecule has 0 unspecified atom stereocenters. The molecule has 0 saturated heterocycles. The highest BCUT2D eigenvalue weighted by atomic mass is 16.3. The highest BCUT2D eigenvalue weighted by Crippen LogP contribution is 2.19. The molecular weight excluding hydrogens is 324 g/mol. The lowest BCUT2D eigenvalue weighted by Crippen LogP contribution is -2.16. The van der Waals surface area contributed by atoms with Gasteiger partial charge in [0.2, 0.25) is 0 Å². The van der Waals surface area contributed by atoms with Gasteiger partial charge in [-0.3, -0.25) is 4.79 Å². The molecular formula is C22H16N2O2. The van der Waals surface area contributed by atoms with E-state index in [2.05, 4.69) is 22.7 Å². The van der Waals surface area contributed by atoms with Crippen molar-refractivity contribution >= 4 is 23.1 Å². The van der Waals surface area contributed by atoms with Crippen LogP contribution < -0.4 is 5.43 Å². The Bertz CT molecular complexity index is 1030. The first-order chi connectivity index (χ1) is 12.8. The summed E-state index contributed by atoms with van der Waals surface area (Å²) in [5.41, 5.74) is 6.36. The van der Waals surface area contributed by atoms with Gasteiger partial charge in [0.05, 0.1) is 6.21 Å². The Morgan fingerprint density at radius 1 is 0.846 bits per heavy atom. The van der Waals surface area contributed by atoms with E-state index in [1.807, 2.05) is 66.7 Å². The number of hydrazone groups is 1. The van der Waals surface area contributed by atoms with Crippen LogP contribution in [0.5, 0.6) is 0 Å². The van der Waals surface area contributed by atoms with Crippen molar-refractivity contribution in [1.82, 2.24) is 5.43 Å². The molecule has 26 heavy (non-hydrogen) atoms. The number of nitrogens with zero attached hydrogens (tertiary/aromatic N) is 1. The number of carbonyl (C=O) groups excluding carboxylic acids is 1. The van der Waals surface area contributed by atoms with Gasteiger partial charge in [-0.2, -0.15) is 5.10 Å². The maximum atomic E-state index is 12.1. The van der Waals surface area contributed by atoms with Crippen LogP contribution in [0.3, 0.4) is 0 Å². The third-order valence-corrected chi connectivity index (χ3v) is 4.05. The van der Waals surface area contributed by atoms with Gasteiger partial charge in [0.25, 0.3) is 0 Å². The minimum Gasteiger partial charge on any atom is -0.451 e. The van der Waals surface area contributed by atoms with Crippen molar-refractivity contribution in [3.63, 3.8) is 0 Å². The van der Waals surface area contributed by atoms with Crippen LogP contribution in [0.1, 0.15) is 16.1 Å². The van der Waals surface area contributed by atoms with Crippen molar-refractivity contribution < 1.29 is 9.21 Å². The average molecular weight is 340 g/mol. The molecule has 1 amide bonds. The number of para-hydroxylation sites is 1. The van der Waals surface area contributed by atoms with E-state index < -0.39 is 0 Å². The first-order valence-electron chi connectivity index (χ1n) is 8.27. The van der Waals surface area contributed by atoms with Crippen molar-refractivity contribution in [3.05, 3.63) is 96.3 Å². The molecule has 4 nitrogen and oxygen atoms in total. The van der Waals surface area contributed by atoms with Crippen LogP contribution in [0.25, 0.3) is 22.1 Å². The SMILES string of the molecule is O=C(N/N=C\c1ccc(-c2ccccc2)cc1)c1cc2ccccc2o1. The van der Waals surface area contributed by atoms with Crippen LogP contribution in [0.2, 0.25) is 0 Å². The van der Waals surface area contributed by atoms with Crippen molar-refractivity contribution in [2.45, 2.75) is 0 Å². The molecule has 1 N–H and O–H groups in total. The zero-order valence-electron chi connectivity index (χ0n) is 13.9. The Morgan fingerprint density at radius 2 is 1.54 bits per heavy atom. The summed E-state index contributed by atoms with van der Waals surface area (Å²) in [5.74, 6) is -0.138. The van der Waals surface area contributed by atoms with E-state index in [1.54, 1.807) is 12.3 Å². The predicted molar refractivity (Wildman–Crippen MR) is 103 cm³/mol. The summed E-state index contributed by atoms with van der Waals surface area (Å²) in [6.07, 6.45) is 1.61. The molecule has 4 aromatic rings. The van der Waals surface area contributed by atoms with Gasteiger partial charge in [-0.05, 0) is 28.8 Å². The Hall–Kier alpha value is -3.66. The summed E-state index contributed by atoms with van der Waals surface area (Å²) in [6.45, 7) is 0. The first kappa shape index (κ1) is 15.8. The molecule has 0 atom stereocenters. The van der Waals surface area contributed by atoms with Gasteiger partial charge in [-0.15, -0.1) is 0 Å². The van der Waals surface area contributed by atoms with Gasteiger partial charge in [-0.25, -0.2) is 5.43 Å². The maximum Gasteiger partial charge on any atom is 0.307 e. The van der Waals surface area contributed by atoms with Crippen LogP contribution in [0.4, 0.5) is 0 Å². The molecule has 0 bridgehead atoms. The average Bonchev–Trinajstić information content (AvgIpc) is 3.13. The third-order valence-electron chi connectivity index (χ3n) is 4.05. The molecule has 1 heterocycles. The minimum absolute atomic E-state index is 0.239. The number of carbonyl (C=O) groups is 1. The maximum absolute atomic E-state index is 12.1. The van der Waals surface area contributed by atoms with Gasteiger partial charge >= 0.3 is 5.91 Å². The van der Waals surface area contributed by atoms with Gasteiger partial charge in [0.1, 0.15) is 5.58 Å². The van der Waals surface area contributed by atoms with E-state index >= 15 is 0 Å². The lowest BCUT2D eigenvalue weighted by molar-refractivity contribution is 0.0929. The first-order valence-corrected chi connectivity index (χ1v) is 8.27. The molecule has 0 aliphatic heterocycles. The van der Waals surface area contributed by atoms with E-state index in [1.165, 1.54) is 0 Å². The number of rotatable bonds is 4. The van der Waals surface area contributed by atoms with E-state index in [0.717, 1.165) is 22.1 Å². The molecule has 126 valence electrons. The third kappa shape index (κ3) is 3.39. The highest BCUT2D eigenvalue weighted by molar-refractivity contribution is 5.96. The summed E-state index contributed by atoms with van der Waals surface area (Å²) < 4.78 is 5.51. The van der Waals surface area contributed by atoms with Gasteiger partial charge < -0.3 is 4.42 Å². The summed E-state index contributed by atoms with van der Waals surface area (Å²) in [5, 5.41) is 4.89. The van der Waals surface area contributed by atoms with E-state index in [0.29, 0.717) is 5.58 Å². The number of furan rings is 1. The molecule has 4 rings (SSSR count). The summed E-state index contributed by atoms with van der Waals surface area (Å²) >= 11 is 0. The second-order valence-electron chi connectivity index (χ2n) is 5.84. The Labute approximate surface area is 150 Å². The number of fused-ring (bicyclic) bond motifs is 1. The van der Waals surface area contributed by atoms with Crippen LogP contribution >= 0.6 is 0 Å². The molecule has 0 radical (unpaired) electrons. The second kappa shape index (κ2) is 7.07. The fourth-order valence-corrected chi connectivity index (χ4v) is 2.71. The molecule has 0 saturated carbocycles. The zero-order chi connectivity index (χ0) is 17.8. The lowest BCUT2D eigenvalue weighted by atomic mass is 10.0. The minimum atomic E-state index is -0.377. The number of nitrogens with one attached hydrogen (secondary N) is 1. The Balaban J connectivity index is 1.42. The molecule has 4 heteroatoms. The Kier molecular flexibility index (Phi) is 4.31. The Morgan fingerprint density at radius 3 is 2.31 bits per heavy atom. The number of hydrogen-bond donors (Lipinski definition) is 1. The van der Waals surface area contributed by atoms with Crippen LogP contribution in [0, 0.1) is 0 Å². The number of benzene rings is 3. The summed E-state index contributed by atoms with van der Waals surface area (Å²) in [6, 6.07) is 27.3. The summed E-state index contributed by atoms with van der Waals surface area (Å²) in [7, 11) is 0. The smallest absolute Gasteiger partial charge is 0.307 e. The van der Waals surface area contributed by atoms with Crippen molar-refractivity contribution in [2.24, 2.45) is 5.10 Å². The fraction of sp³-hybridized carbons (Fsp3) is 0. The number of hydrogen-bond acceptors (Lipinski definition) is 3. The molecule has 1 aromatic heterocycles. The van der Waals surface area contributed by atoms with Crippen LogP contribution in [0.15, 0.2) is 94.4 Å². The van der Waals surface area contributed by atoms with E-state index in [-0.39, 0.29) is 11.7 Å². The lowest BCUT2D eigenvalue weighted by Gasteiger charge is -2.01. The normalized spacial score (nSPS) is 11.1. The largest absolute Gasteiger partial charge is 0.451 e. The zero-order valence-corrected chi connectivity index (χ0v) is 13.9. The summed E-state index contributed by atoms with van der Waals surface area (Å²) in [4.78, 5) is 12.1. The van der Waals surface area contributed by atoms with Crippen molar-refractivity contribution in [3.8, 4) is 11.1 Å². The molecule has 0 spiro atoms. The quantitative estimate of drug-likeness (QED) is 0.426. The second-order valence-corrected chi connectivity index (χ2v) is 5.84. The standard InChI is InChI=1S/C22H16N2O2/c25-22(21-14-19-8-4-5-9-20(19)26-21)24-23-15-16-10-12-18(13-11-16)17-6-2-1-3-7-17/h1-15H,(H,24,25)/b23-15-. The number of amides is 1. The van der Waals surface area contributed by atoms with E-state index in [9.17, 15) is 4.79 Å². The molecule has 0 fully saturated rings. The van der Waals surface area contributed by atoms with E-state index in [4.69, 9.17) is 4.42 Å². The van der Waals surface area contributed by atoms with Crippen LogP contribution in [-0.2, 0) is 0 Å². The predicted octanol–water partition coefficient (Wildman–Crippen LogP) is 4.86. The molecule has 3 aromatic carbocycles.